The van der Waals surface area contributed by atoms with E-state index in [1.807, 2.05) is 0 Å². The number of esters is 1. The minimum atomic E-state index is -3.90. The van der Waals surface area contributed by atoms with Gasteiger partial charge in [0, 0.05) is 24.4 Å². The molecule has 2 aromatic carbocycles. The Labute approximate surface area is 186 Å². The van der Waals surface area contributed by atoms with Crippen molar-refractivity contribution in [3.8, 4) is 0 Å². The highest BCUT2D eigenvalue weighted by atomic mass is 32.2. The second kappa shape index (κ2) is 11.0. The molecule has 0 spiro atoms. The number of nitro groups is 1. The highest BCUT2D eigenvalue weighted by Gasteiger charge is 2.20. The van der Waals surface area contributed by atoms with Crippen molar-refractivity contribution >= 4 is 27.4 Å². The van der Waals surface area contributed by atoms with Gasteiger partial charge >= 0.3 is 5.97 Å². The van der Waals surface area contributed by atoms with Crippen LogP contribution in [0.5, 0.6) is 0 Å². The normalized spacial score (nSPS) is 12.2. The summed E-state index contributed by atoms with van der Waals surface area (Å²) in [5.41, 5.74) is 1.17. The van der Waals surface area contributed by atoms with Crippen LogP contribution in [0.3, 0.4) is 0 Å². The minimum Gasteiger partial charge on any atom is -0.467 e. The van der Waals surface area contributed by atoms with E-state index in [4.69, 9.17) is 4.74 Å². The highest BCUT2D eigenvalue weighted by molar-refractivity contribution is 7.89. The van der Waals surface area contributed by atoms with Crippen molar-refractivity contribution in [2.24, 2.45) is 0 Å². The molecular weight excluding hydrogens is 441 g/mol. The van der Waals surface area contributed by atoms with Crippen LogP contribution in [0.2, 0.25) is 0 Å². The predicted octanol–water partition coefficient (Wildman–Crippen LogP) is 3.45. The molecular formula is C21H26FN3O6S. The lowest BCUT2D eigenvalue weighted by atomic mass is 10.1. The fourth-order valence-electron chi connectivity index (χ4n) is 3.15. The summed E-state index contributed by atoms with van der Waals surface area (Å²) in [5, 5.41) is 13.9. The first-order chi connectivity index (χ1) is 15.0. The van der Waals surface area contributed by atoms with Crippen molar-refractivity contribution in [2.75, 3.05) is 19.0 Å². The standard InChI is InChI=1S/C21H26FN3O6S/c1-14-11-16(12-15(2)20(14)22)24-19(21(26)31-3)9-4-5-10-23-32(29,30)18-8-6-7-17(13-18)25(27)28/h6-8,11-13,19,23-24H,4-5,9-10H2,1-3H3/t19-/m1/s1. The van der Waals surface area contributed by atoms with Gasteiger partial charge in [0.25, 0.3) is 5.69 Å². The van der Waals surface area contributed by atoms with E-state index < -0.39 is 27.0 Å². The summed E-state index contributed by atoms with van der Waals surface area (Å²) in [7, 11) is -2.63. The van der Waals surface area contributed by atoms with Gasteiger partial charge in [-0.05, 0) is 62.4 Å². The molecule has 0 aliphatic carbocycles. The van der Waals surface area contributed by atoms with Gasteiger partial charge in [-0.2, -0.15) is 0 Å². The zero-order valence-corrected chi connectivity index (χ0v) is 18.9. The molecule has 0 saturated heterocycles. The zero-order valence-electron chi connectivity index (χ0n) is 18.1. The number of aryl methyl sites for hydroxylation is 2. The number of non-ortho nitro benzene ring substituents is 1. The molecule has 11 heteroatoms. The maximum absolute atomic E-state index is 13.8. The van der Waals surface area contributed by atoms with E-state index in [0.29, 0.717) is 36.1 Å². The average molecular weight is 468 g/mol. The molecule has 1 atom stereocenters. The van der Waals surface area contributed by atoms with Gasteiger partial charge in [0.1, 0.15) is 11.9 Å². The van der Waals surface area contributed by atoms with Crippen LogP contribution in [-0.4, -0.2) is 39.0 Å². The van der Waals surface area contributed by atoms with E-state index in [1.165, 1.54) is 25.3 Å². The lowest BCUT2D eigenvalue weighted by Gasteiger charge is -2.19. The number of carbonyl (C=O) groups excluding carboxylic acids is 1. The summed E-state index contributed by atoms with van der Waals surface area (Å²) in [6, 6.07) is 7.31. The Bertz CT molecular complexity index is 1070. The Morgan fingerprint density at radius 2 is 1.84 bits per heavy atom. The van der Waals surface area contributed by atoms with Crippen molar-refractivity contribution < 1.29 is 27.3 Å². The van der Waals surface area contributed by atoms with Crippen LogP contribution >= 0.6 is 0 Å². The molecule has 0 heterocycles. The zero-order chi connectivity index (χ0) is 23.9. The molecule has 174 valence electrons. The smallest absolute Gasteiger partial charge is 0.328 e. The van der Waals surface area contributed by atoms with Gasteiger partial charge in [0.15, 0.2) is 0 Å². The molecule has 2 aromatic rings. The van der Waals surface area contributed by atoms with Gasteiger partial charge in [-0.15, -0.1) is 0 Å². The van der Waals surface area contributed by atoms with Gasteiger partial charge < -0.3 is 10.1 Å². The maximum atomic E-state index is 13.8. The third kappa shape index (κ3) is 6.72. The van der Waals surface area contributed by atoms with Crippen LogP contribution < -0.4 is 10.0 Å². The lowest BCUT2D eigenvalue weighted by molar-refractivity contribution is -0.385. The Balaban J connectivity index is 1.92. The van der Waals surface area contributed by atoms with Crippen LogP contribution in [0, 0.1) is 29.8 Å². The average Bonchev–Trinajstić information content (AvgIpc) is 2.75. The molecule has 0 aliphatic heterocycles. The topological polar surface area (TPSA) is 128 Å². The number of anilines is 1. The number of hydrogen-bond donors (Lipinski definition) is 2. The molecule has 9 nitrogen and oxygen atoms in total. The van der Waals surface area contributed by atoms with E-state index in [9.17, 15) is 27.7 Å². The molecule has 0 unspecified atom stereocenters. The number of nitro benzene ring substituents is 1. The Morgan fingerprint density at radius 1 is 1.19 bits per heavy atom. The fourth-order valence-corrected chi connectivity index (χ4v) is 4.26. The molecule has 0 saturated carbocycles. The first-order valence-corrected chi connectivity index (χ1v) is 11.4. The second-order valence-corrected chi connectivity index (χ2v) is 9.06. The van der Waals surface area contributed by atoms with Crippen LogP contribution in [0.1, 0.15) is 30.4 Å². The van der Waals surface area contributed by atoms with E-state index in [-0.39, 0.29) is 22.9 Å². The first-order valence-electron chi connectivity index (χ1n) is 9.90. The second-order valence-electron chi connectivity index (χ2n) is 7.29. The summed E-state index contributed by atoms with van der Waals surface area (Å²) in [5.74, 6) is -0.789. The summed E-state index contributed by atoms with van der Waals surface area (Å²) in [6.07, 6.45) is 1.27. The number of sulfonamides is 1. The molecule has 0 aromatic heterocycles. The molecule has 0 radical (unpaired) electrons. The van der Waals surface area contributed by atoms with E-state index in [2.05, 4.69) is 10.0 Å². The monoisotopic (exact) mass is 467 g/mol. The Morgan fingerprint density at radius 3 is 2.44 bits per heavy atom. The third-order valence-corrected chi connectivity index (χ3v) is 6.27. The summed E-state index contributed by atoms with van der Waals surface area (Å²) < 4.78 is 45.7. The van der Waals surface area contributed by atoms with Gasteiger partial charge in [0.05, 0.1) is 16.9 Å². The summed E-state index contributed by atoms with van der Waals surface area (Å²) >= 11 is 0. The number of hydrogen-bond acceptors (Lipinski definition) is 7. The van der Waals surface area contributed by atoms with Crippen molar-refractivity contribution in [3.63, 3.8) is 0 Å². The maximum Gasteiger partial charge on any atom is 0.328 e. The van der Waals surface area contributed by atoms with Crippen LogP contribution in [0.15, 0.2) is 41.3 Å². The van der Waals surface area contributed by atoms with Crippen molar-refractivity contribution in [1.82, 2.24) is 4.72 Å². The number of carbonyl (C=O) groups is 1. The molecule has 32 heavy (non-hydrogen) atoms. The minimum absolute atomic E-state index is 0.0910. The number of benzene rings is 2. The molecule has 2 rings (SSSR count). The predicted molar refractivity (Wildman–Crippen MR) is 117 cm³/mol. The van der Waals surface area contributed by atoms with Crippen LogP contribution in [0.4, 0.5) is 15.8 Å². The number of nitrogens with one attached hydrogen (secondary N) is 2. The number of nitrogens with zero attached hydrogens (tertiary/aromatic N) is 1. The molecule has 0 aliphatic rings. The molecule has 0 amide bonds. The largest absolute Gasteiger partial charge is 0.467 e. The summed E-state index contributed by atoms with van der Waals surface area (Å²) in [4.78, 5) is 22.1. The third-order valence-electron chi connectivity index (χ3n) is 4.81. The molecule has 0 bridgehead atoms. The van der Waals surface area contributed by atoms with Gasteiger partial charge in [-0.3, -0.25) is 10.1 Å². The lowest BCUT2D eigenvalue weighted by Crippen LogP contribution is -2.31. The Hall–Kier alpha value is -3.05. The molecule has 0 fully saturated rings. The number of halogens is 1. The summed E-state index contributed by atoms with van der Waals surface area (Å²) in [6.45, 7) is 3.36. The van der Waals surface area contributed by atoms with Gasteiger partial charge in [-0.1, -0.05) is 6.07 Å². The van der Waals surface area contributed by atoms with Gasteiger partial charge in [0.2, 0.25) is 10.0 Å². The Kier molecular flexibility index (Phi) is 8.67. The molecule has 2 N–H and O–H groups in total. The fraction of sp³-hybridized carbons (Fsp3) is 0.381. The number of unbranched alkanes of at least 4 members (excludes halogenated alkanes) is 1. The number of methoxy groups -OCH3 is 1. The van der Waals surface area contributed by atoms with Gasteiger partial charge in [-0.25, -0.2) is 22.3 Å². The van der Waals surface area contributed by atoms with Crippen molar-refractivity contribution in [3.05, 3.63) is 63.5 Å². The number of rotatable bonds is 11. The van der Waals surface area contributed by atoms with E-state index in [1.54, 1.807) is 26.0 Å². The van der Waals surface area contributed by atoms with E-state index in [0.717, 1.165) is 6.07 Å². The SMILES string of the molecule is COC(=O)[C@@H](CCCCNS(=O)(=O)c1cccc([N+](=O)[O-])c1)Nc1cc(C)c(F)c(C)c1. The number of ether oxygens (including phenoxy) is 1. The van der Waals surface area contributed by atoms with E-state index >= 15 is 0 Å². The quantitative estimate of drug-likeness (QED) is 0.224. The first kappa shape index (κ1) is 25.2. The van der Waals surface area contributed by atoms with Crippen molar-refractivity contribution in [1.29, 1.82) is 0 Å². The van der Waals surface area contributed by atoms with Crippen LogP contribution in [0.25, 0.3) is 0 Å². The highest BCUT2D eigenvalue weighted by Crippen LogP contribution is 2.21. The van der Waals surface area contributed by atoms with Crippen LogP contribution in [-0.2, 0) is 19.6 Å². The van der Waals surface area contributed by atoms with Crippen molar-refractivity contribution in [2.45, 2.75) is 44.0 Å².